The van der Waals surface area contributed by atoms with Gasteiger partial charge >= 0.3 is 0 Å². The van der Waals surface area contributed by atoms with Crippen molar-refractivity contribution in [3.05, 3.63) is 29.6 Å². The van der Waals surface area contributed by atoms with Crippen molar-refractivity contribution in [3.8, 4) is 5.75 Å². The molecule has 0 aliphatic carbocycles. The fourth-order valence-electron chi connectivity index (χ4n) is 1.80. The van der Waals surface area contributed by atoms with Gasteiger partial charge in [-0.3, -0.25) is 9.59 Å². The molecule has 1 aromatic rings. The minimum atomic E-state index is -0.588. The monoisotopic (exact) mass is 296 g/mol. The van der Waals surface area contributed by atoms with Gasteiger partial charge in [-0.2, -0.15) is 0 Å². The summed E-state index contributed by atoms with van der Waals surface area (Å²) in [4.78, 5) is 23.4. The molecule has 1 aromatic carbocycles. The maximum absolute atomic E-state index is 13.5. The van der Waals surface area contributed by atoms with Crippen LogP contribution in [0.3, 0.4) is 0 Å². The van der Waals surface area contributed by atoms with Crippen LogP contribution in [0.25, 0.3) is 0 Å². The molecular weight excluding hydrogens is 275 g/mol. The maximum atomic E-state index is 13.5. The molecule has 0 saturated carbocycles. The molecule has 0 fully saturated rings. The van der Waals surface area contributed by atoms with Crippen LogP contribution in [0.4, 0.5) is 4.39 Å². The Labute approximate surface area is 123 Å². The van der Waals surface area contributed by atoms with Gasteiger partial charge in [-0.05, 0) is 37.6 Å². The molecule has 0 unspecified atom stereocenters. The average Bonchev–Trinajstić information content (AvgIpc) is 2.49. The van der Waals surface area contributed by atoms with Crippen molar-refractivity contribution in [1.82, 2.24) is 5.32 Å². The first kappa shape index (κ1) is 17.1. The molecule has 1 amide bonds. The van der Waals surface area contributed by atoms with Crippen molar-refractivity contribution >= 4 is 11.7 Å². The van der Waals surface area contributed by atoms with Gasteiger partial charge in [0.05, 0.1) is 7.11 Å². The zero-order valence-electron chi connectivity index (χ0n) is 12.2. The van der Waals surface area contributed by atoms with Crippen LogP contribution in [0.1, 0.15) is 36.0 Å². The molecule has 0 spiro atoms. The fraction of sp³-hybridized carbons (Fsp3) is 0.467. The van der Waals surface area contributed by atoms with Gasteiger partial charge in [-0.15, -0.1) is 0 Å². The summed E-state index contributed by atoms with van der Waals surface area (Å²) in [5, 5.41) is 2.71. The minimum Gasteiger partial charge on any atom is -0.494 e. The summed E-state index contributed by atoms with van der Waals surface area (Å²) in [6.07, 6.45) is 1.81. The van der Waals surface area contributed by atoms with Gasteiger partial charge < -0.3 is 15.8 Å². The normalized spacial score (nSPS) is 10.2. The van der Waals surface area contributed by atoms with E-state index in [2.05, 4.69) is 5.32 Å². The van der Waals surface area contributed by atoms with E-state index >= 15 is 0 Å². The molecule has 0 heterocycles. The van der Waals surface area contributed by atoms with E-state index in [4.69, 9.17) is 10.5 Å². The zero-order valence-corrected chi connectivity index (χ0v) is 12.2. The van der Waals surface area contributed by atoms with Crippen LogP contribution in [0.5, 0.6) is 5.75 Å². The lowest BCUT2D eigenvalue weighted by atomic mass is 10.1. The van der Waals surface area contributed by atoms with Gasteiger partial charge in [0.1, 0.15) is 0 Å². The number of carbonyl (C=O) groups excluding carboxylic acids is 2. The van der Waals surface area contributed by atoms with Crippen LogP contribution in [0.2, 0.25) is 0 Å². The number of carbonyl (C=O) groups is 2. The van der Waals surface area contributed by atoms with E-state index < -0.39 is 5.82 Å². The first-order chi connectivity index (χ1) is 10.1. The summed E-state index contributed by atoms with van der Waals surface area (Å²) >= 11 is 0. The number of benzene rings is 1. The molecule has 0 atom stereocenters. The number of hydrogen-bond acceptors (Lipinski definition) is 4. The molecule has 5 nitrogen and oxygen atoms in total. The SMILES string of the molecule is COc1ccc(C(=O)CCC(=O)NCCCCN)cc1F. The lowest BCUT2D eigenvalue weighted by Gasteiger charge is -2.06. The second kappa shape index (κ2) is 9.07. The summed E-state index contributed by atoms with van der Waals surface area (Å²) < 4.78 is 18.3. The van der Waals surface area contributed by atoms with Gasteiger partial charge in [0.2, 0.25) is 5.91 Å². The topological polar surface area (TPSA) is 81.4 Å². The van der Waals surface area contributed by atoms with Crippen molar-refractivity contribution in [2.45, 2.75) is 25.7 Å². The summed E-state index contributed by atoms with van der Waals surface area (Å²) in [5.41, 5.74) is 5.58. The number of nitrogens with one attached hydrogen (secondary N) is 1. The number of unbranched alkanes of at least 4 members (excludes halogenated alkanes) is 1. The van der Waals surface area contributed by atoms with E-state index in [1.54, 1.807) is 0 Å². The molecule has 0 aliphatic heterocycles. The third kappa shape index (κ3) is 5.91. The summed E-state index contributed by atoms with van der Waals surface area (Å²) in [7, 11) is 1.36. The van der Waals surface area contributed by atoms with E-state index in [0.717, 1.165) is 18.9 Å². The molecule has 0 radical (unpaired) electrons. The van der Waals surface area contributed by atoms with E-state index in [-0.39, 0.29) is 35.8 Å². The molecule has 0 aromatic heterocycles. The predicted molar refractivity (Wildman–Crippen MR) is 77.8 cm³/mol. The highest BCUT2D eigenvalue weighted by Gasteiger charge is 2.12. The minimum absolute atomic E-state index is 0.0501. The van der Waals surface area contributed by atoms with Crippen molar-refractivity contribution < 1.29 is 18.7 Å². The van der Waals surface area contributed by atoms with Crippen LogP contribution < -0.4 is 15.8 Å². The number of amides is 1. The fourth-order valence-corrected chi connectivity index (χ4v) is 1.80. The molecule has 3 N–H and O–H groups in total. The molecule has 6 heteroatoms. The third-order valence-corrected chi connectivity index (χ3v) is 3.01. The predicted octanol–water partition coefficient (Wildman–Crippen LogP) is 1.65. The highest BCUT2D eigenvalue weighted by molar-refractivity contribution is 5.98. The second-order valence-electron chi connectivity index (χ2n) is 4.62. The lowest BCUT2D eigenvalue weighted by molar-refractivity contribution is -0.121. The molecule has 0 bridgehead atoms. The van der Waals surface area contributed by atoms with Crippen LogP contribution in [-0.4, -0.2) is 31.9 Å². The molecule has 21 heavy (non-hydrogen) atoms. The second-order valence-corrected chi connectivity index (χ2v) is 4.62. The smallest absolute Gasteiger partial charge is 0.220 e. The van der Waals surface area contributed by atoms with Crippen molar-refractivity contribution in [2.24, 2.45) is 5.73 Å². The Morgan fingerprint density at radius 1 is 1.29 bits per heavy atom. The first-order valence-corrected chi connectivity index (χ1v) is 6.92. The first-order valence-electron chi connectivity index (χ1n) is 6.92. The zero-order chi connectivity index (χ0) is 15.7. The van der Waals surface area contributed by atoms with E-state index in [1.807, 2.05) is 0 Å². The highest BCUT2D eigenvalue weighted by Crippen LogP contribution is 2.18. The quantitative estimate of drug-likeness (QED) is 0.536. The Morgan fingerprint density at radius 2 is 2.05 bits per heavy atom. The standard InChI is InChI=1S/C15H21FN2O3/c1-21-14-6-4-11(10-12(14)16)13(19)5-7-15(20)18-9-3-2-8-17/h4,6,10H,2-3,5,7-9,17H2,1H3,(H,18,20). The number of ketones is 1. The number of rotatable bonds is 9. The van der Waals surface area contributed by atoms with Gasteiger partial charge in [-0.1, -0.05) is 0 Å². The summed E-state index contributed by atoms with van der Waals surface area (Å²) in [5.74, 6) is -0.957. The largest absolute Gasteiger partial charge is 0.494 e. The number of ether oxygens (including phenoxy) is 1. The Bertz CT molecular complexity index is 492. The molecule has 0 saturated heterocycles. The molecular formula is C15H21FN2O3. The highest BCUT2D eigenvalue weighted by atomic mass is 19.1. The Balaban J connectivity index is 2.39. The molecule has 116 valence electrons. The van der Waals surface area contributed by atoms with Crippen LogP contribution in [-0.2, 0) is 4.79 Å². The maximum Gasteiger partial charge on any atom is 0.220 e. The van der Waals surface area contributed by atoms with Crippen LogP contribution >= 0.6 is 0 Å². The van der Waals surface area contributed by atoms with Crippen molar-refractivity contribution in [1.29, 1.82) is 0 Å². The molecule has 0 aliphatic rings. The van der Waals surface area contributed by atoms with Gasteiger partial charge in [0, 0.05) is 24.9 Å². The van der Waals surface area contributed by atoms with Gasteiger partial charge in [0.25, 0.3) is 0 Å². The Morgan fingerprint density at radius 3 is 2.67 bits per heavy atom. The van der Waals surface area contributed by atoms with E-state index in [9.17, 15) is 14.0 Å². The van der Waals surface area contributed by atoms with Crippen molar-refractivity contribution in [3.63, 3.8) is 0 Å². The number of hydrogen-bond donors (Lipinski definition) is 2. The van der Waals surface area contributed by atoms with E-state index in [0.29, 0.717) is 13.1 Å². The summed E-state index contributed by atoms with van der Waals surface area (Å²) in [6.45, 7) is 1.15. The third-order valence-electron chi connectivity index (χ3n) is 3.01. The number of halogens is 1. The molecule has 1 rings (SSSR count). The number of methoxy groups -OCH3 is 1. The lowest BCUT2D eigenvalue weighted by Crippen LogP contribution is -2.25. The van der Waals surface area contributed by atoms with Crippen LogP contribution in [0.15, 0.2) is 18.2 Å². The van der Waals surface area contributed by atoms with Crippen molar-refractivity contribution in [2.75, 3.05) is 20.2 Å². The van der Waals surface area contributed by atoms with Gasteiger partial charge in [-0.25, -0.2) is 4.39 Å². The Kier molecular flexibility index (Phi) is 7.39. The average molecular weight is 296 g/mol. The van der Waals surface area contributed by atoms with E-state index in [1.165, 1.54) is 19.2 Å². The van der Waals surface area contributed by atoms with Crippen LogP contribution in [0, 0.1) is 5.82 Å². The van der Waals surface area contributed by atoms with Gasteiger partial charge in [0.15, 0.2) is 17.3 Å². The number of nitrogens with two attached hydrogens (primary N) is 1. The number of Topliss-reactive ketones (excluding diaryl/α,β-unsaturated/α-hetero) is 1. The Hall–Kier alpha value is -1.95. The summed E-state index contributed by atoms with van der Waals surface area (Å²) in [6, 6.07) is 4.01.